The maximum absolute atomic E-state index is 11.9. The van der Waals surface area contributed by atoms with Gasteiger partial charge in [-0.15, -0.1) is 0 Å². The Morgan fingerprint density at radius 1 is 1.38 bits per heavy atom. The molecule has 0 aliphatic carbocycles. The Bertz CT molecular complexity index is 686. The molecule has 0 fully saturated rings. The Balaban J connectivity index is 3.07. The van der Waals surface area contributed by atoms with Crippen LogP contribution in [0.1, 0.15) is 25.2 Å². The van der Waals surface area contributed by atoms with E-state index in [1.165, 1.54) is 0 Å². The first-order chi connectivity index (χ1) is 11.9. The summed E-state index contributed by atoms with van der Waals surface area (Å²) in [5, 5.41) is 1.62. The molecule has 0 saturated heterocycles. The maximum atomic E-state index is 11.9. The van der Waals surface area contributed by atoms with Crippen LogP contribution in [0.4, 0.5) is 4.79 Å². The highest BCUT2D eigenvalue weighted by molar-refractivity contribution is 5.82. The van der Waals surface area contributed by atoms with E-state index >= 15 is 0 Å². The van der Waals surface area contributed by atoms with Gasteiger partial charge in [-0.2, -0.15) is 0 Å². The van der Waals surface area contributed by atoms with Gasteiger partial charge in [-0.3, -0.25) is 4.79 Å². The standard InChI is InChI=1S/C14H18N2O5/c1-20-13(18)11(7-8-12(15)17)16-14(19)21-9-10-5-3-2-4-6-10/h2-6,11H,7-9H2,1H3,(H2,15,17)(H,16,19)/i7D2,8D2,11D. The van der Waals surface area contributed by atoms with E-state index in [1.807, 2.05) is 0 Å². The lowest BCUT2D eigenvalue weighted by molar-refractivity contribution is -0.143. The summed E-state index contributed by atoms with van der Waals surface area (Å²) in [4.78, 5) is 35.1. The van der Waals surface area contributed by atoms with E-state index in [9.17, 15) is 14.4 Å². The summed E-state index contributed by atoms with van der Waals surface area (Å²) in [6.45, 7) is -0.254. The van der Waals surface area contributed by atoms with Crippen LogP contribution in [-0.4, -0.2) is 31.1 Å². The van der Waals surface area contributed by atoms with Crippen LogP contribution in [0.25, 0.3) is 0 Å². The maximum Gasteiger partial charge on any atom is 0.408 e. The first-order valence-corrected chi connectivity index (χ1v) is 5.77. The van der Waals surface area contributed by atoms with Gasteiger partial charge in [0.1, 0.15) is 12.6 Å². The number of amides is 2. The fraction of sp³-hybridized carbons (Fsp3) is 0.357. The molecule has 0 aromatic heterocycles. The van der Waals surface area contributed by atoms with Crippen molar-refractivity contribution in [2.75, 3.05) is 7.11 Å². The number of nitrogens with one attached hydrogen (secondary N) is 1. The molecule has 1 aromatic carbocycles. The third-order valence-corrected chi connectivity index (χ3v) is 2.14. The Kier molecular flexibility index (Phi) is 4.16. The Hall–Kier alpha value is -2.57. The number of methoxy groups -OCH3 is 1. The van der Waals surface area contributed by atoms with Gasteiger partial charge >= 0.3 is 12.1 Å². The van der Waals surface area contributed by atoms with E-state index in [0.29, 0.717) is 5.56 Å². The molecule has 3 N–H and O–H groups in total. The molecule has 0 heterocycles. The lowest BCUT2D eigenvalue weighted by atomic mass is 10.1. The van der Waals surface area contributed by atoms with Gasteiger partial charge in [0.05, 0.1) is 8.48 Å². The molecule has 7 heteroatoms. The van der Waals surface area contributed by atoms with E-state index < -0.39 is 36.7 Å². The second-order valence-corrected chi connectivity index (χ2v) is 3.67. The lowest BCUT2D eigenvalue weighted by Crippen LogP contribution is -2.42. The molecule has 0 aliphatic rings. The largest absolute Gasteiger partial charge is 0.467 e. The van der Waals surface area contributed by atoms with Crippen LogP contribution in [-0.2, 0) is 25.7 Å². The number of hydrogen-bond donors (Lipinski definition) is 2. The van der Waals surface area contributed by atoms with Crippen LogP contribution < -0.4 is 11.1 Å². The van der Waals surface area contributed by atoms with Gasteiger partial charge in [0.15, 0.2) is 0 Å². The van der Waals surface area contributed by atoms with Crippen molar-refractivity contribution in [1.82, 2.24) is 5.32 Å². The van der Waals surface area contributed by atoms with Crippen LogP contribution in [0.5, 0.6) is 0 Å². The molecule has 7 nitrogen and oxygen atoms in total. The van der Waals surface area contributed by atoms with Crippen molar-refractivity contribution >= 4 is 18.0 Å². The number of primary amides is 1. The number of nitrogens with two attached hydrogens (primary N) is 1. The van der Waals surface area contributed by atoms with Crippen molar-refractivity contribution in [2.45, 2.75) is 25.4 Å². The van der Waals surface area contributed by atoms with Crippen LogP contribution in [0.15, 0.2) is 30.3 Å². The molecular weight excluding hydrogens is 276 g/mol. The molecule has 114 valence electrons. The molecule has 1 unspecified atom stereocenters. The number of alkyl carbamates (subject to hydrolysis) is 1. The van der Waals surface area contributed by atoms with Gasteiger partial charge in [0.25, 0.3) is 0 Å². The van der Waals surface area contributed by atoms with E-state index in [1.54, 1.807) is 35.6 Å². The number of carbonyl (C=O) groups is 3. The zero-order valence-electron chi connectivity index (χ0n) is 16.2. The topological polar surface area (TPSA) is 108 Å². The number of ether oxygens (including phenoxy) is 2. The molecule has 0 spiro atoms. The van der Waals surface area contributed by atoms with Crippen molar-refractivity contribution in [2.24, 2.45) is 5.73 Å². The molecule has 0 radical (unpaired) electrons. The number of rotatable bonds is 7. The first-order valence-electron chi connectivity index (χ1n) is 8.27. The molecular formula is C14H18N2O5. The number of benzene rings is 1. The normalized spacial score (nSPS) is 17.7. The molecule has 1 atom stereocenters. The zero-order valence-corrected chi connectivity index (χ0v) is 11.2. The smallest absolute Gasteiger partial charge is 0.408 e. The predicted octanol–water partition coefficient (Wildman–Crippen LogP) is 0.720. The van der Waals surface area contributed by atoms with Crippen LogP contribution in [0.2, 0.25) is 0 Å². The minimum atomic E-state index is -3.58. The molecule has 0 bridgehead atoms. The van der Waals surface area contributed by atoms with Gasteiger partial charge < -0.3 is 20.5 Å². The Morgan fingerprint density at radius 3 is 2.62 bits per heavy atom. The summed E-state index contributed by atoms with van der Waals surface area (Å²) in [5.41, 5.74) is 5.40. The average molecular weight is 299 g/mol. The van der Waals surface area contributed by atoms with Crippen molar-refractivity contribution in [3.05, 3.63) is 35.9 Å². The quantitative estimate of drug-likeness (QED) is 0.721. The number of esters is 1. The summed E-state index contributed by atoms with van der Waals surface area (Å²) in [6, 6.07) is 5.02. The van der Waals surface area contributed by atoms with Gasteiger partial charge in [-0.05, 0) is 11.9 Å². The molecule has 21 heavy (non-hydrogen) atoms. The summed E-state index contributed by atoms with van der Waals surface area (Å²) in [6.07, 6.45) is -8.45. The summed E-state index contributed by atoms with van der Waals surface area (Å²) in [7, 11) is 0.804. The zero-order chi connectivity index (χ0) is 20.2. The van der Waals surface area contributed by atoms with Gasteiger partial charge in [-0.25, -0.2) is 9.59 Å². The Labute approximate surface area is 129 Å². The third kappa shape index (κ3) is 6.42. The molecule has 2 amide bonds. The van der Waals surface area contributed by atoms with Crippen LogP contribution in [0.3, 0.4) is 0 Å². The summed E-state index contributed by atoms with van der Waals surface area (Å²) in [5.74, 6) is -3.41. The highest BCUT2D eigenvalue weighted by atomic mass is 16.6. The third-order valence-electron chi connectivity index (χ3n) is 2.14. The highest BCUT2D eigenvalue weighted by Crippen LogP contribution is 2.03. The fourth-order valence-electron chi connectivity index (χ4n) is 1.22. The second-order valence-electron chi connectivity index (χ2n) is 3.67. The van der Waals surface area contributed by atoms with Crippen molar-refractivity contribution in [3.63, 3.8) is 0 Å². The Morgan fingerprint density at radius 2 is 2.05 bits per heavy atom. The van der Waals surface area contributed by atoms with Gasteiger partial charge in [0, 0.05) is 11.9 Å². The minimum Gasteiger partial charge on any atom is -0.467 e. The minimum absolute atomic E-state index is 0.254. The summed E-state index contributed by atoms with van der Waals surface area (Å²) >= 11 is 0. The van der Waals surface area contributed by atoms with Crippen molar-refractivity contribution in [3.8, 4) is 0 Å². The predicted molar refractivity (Wildman–Crippen MR) is 74.0 cm³/mol. The van der Waals surface area contributed by atoms with E-state index in [2.05, 4.69) is 4.74 Å². The highest BCUT2D eigenvalue weighted by Gasteiger charge is 2.22. The van der Waals surface area contributed by atoms with Crippen molar-refractivity contribution in [1.29, 1.82) is 0 Å². The van der Waals surface area contributed by atoms with Crippen molar-refractivity contribution < 1.29 is 30.7 Å². The SMILES string of the molecule is [2H]C([2H])(C(N)=O)C([2H])([2H])C([2H])(NC(=O)OCc1ccccc1)C(=O)OC. The molecule has 0 aliphatic heterocycles. The average Bonchev–Trinajstić information content (AvgIpc) is 2.59. The number of carbonyl (C=O) groups excluding carboxylic acids is 3. The molecule has 1 rings (SSSR count). The van der Waals surface area contributed by atoms with E-state index in [-0.39, 0.29) is 6.61 Å². The second kappa shape index (κ2) is 8.57. The van der Waals surface area contributed by atoms with Crippen LogP contribution in [0, 0.1) is 0 Å². The monoisotopic (exact) mass is 299 g/mol. The molecule has 1 aromatic rings. The van der Waals surface area contributed by atoms with Gasteiger partial charge in [0.2, 0.25) is 5.91 Å². The van der Waals surface area contributed by atoms with E-state index in [4.69, 9.17) is 17.3 Å². The fourth-order valence-corrected chi connectivity index (χ4v) is 1.22. The number of hydrogen-bond acceptors (Lipinski definition) is 5. The lowest BCUT2D eigenvalue weighted by Gasteiger charge is -2.15. The summed E-state index contributed by atoms with van der Waals surface area (Å²) < 4.78 is 47.6. The van der Waals surface area contributed by atoms with Gasteiger partial charge in [-0.1, -0.05) is 30.3 Å². The van der Waals surface area contributed by atoms with Crippen LogP contribution >= 0.6 is 0 Å². The van der Waals surface area contributed by atoms with E-state index in [0.717, 1.165) is 7.11 Å². The first kappa shape index (κ1) is 10.2. The molecule has 0 saturated carbocycles.